The predicted molar refractivity (Wildman–Crippen MR) is 91.7 cm³/mol. The third-order valence-electron chi connectivity index (χ3n) is 4.82. The summed E-state index contributed by atoms with van der Waals surface area (Å²) < 4.78 is 16.8. The summed E-state index contributed by atoms with van der Waals surface area (Å²) >= 11 is 0. The first-order chi connectivity index (χ1) is 11.7. The Labute approximate surface area is 143 Å². The maximum atomic E-state index is 12.8. The average molecular weight is 331 g/mol. The minimum absolute atomic E-state index is 0.0243. The maximum absolute atomic E-state index is 12.8. The van der Waals surface area contributed by atoms with Gasteiger partial charge in [-0.15, -0.1) is 0 Å². The van der Waals surface area contributed by atoms with Crippen LogP contribution in [0.15, 0.2) is 30.9 Å². The minimum Gasteiger partial charge on any atom is -0.493 e. The van der Waals surface area contributed by atoms with E-state index in [2.05, 4.69) is 6.58 Å². The van der Waals surface area contributed by atoms with Gasteiger partial charge in [-0.3, -0.25) is 4.79 Å². The second kappa shape index (κ2) is 7.71. The number of ether oxygens (including phenoxy) is 3. The molecule has 1 atom stereocenters. The zero-order chi connectivity index (χ0) is 16.9. The fourth-order valence-corrected chi connectivity index (χ4v) is 3.21. The van der Waals surface area contributed by atoms with Crippen LogP contribution in [0.4, 0.5) is 0 Å². The van der Waals surface area contributed by atoms with Crippen molar-refractivity contribution in [3.63, 3.8) is 0 Å². The number of hydrogen-bond donors (Lipinski definition) is 0. The molecule has 0 bridgehead atoms. The summed E-state index contributed by atoms with van der Waals surface area (Å²) in [5.41, 5.74) is 0.618. The Kier molecular flexibility index (Phi) is 5.41. The van der Waals surface area contributed by atoms with Crippen molar-refractivity contribution in [1.82, 2.24) is 4.90 Å². The van der Waals surface area contributed by atoms with Crippen LogP contribution in [0, 0.1) is 5.92 Å². The van der Waals surface area contributed by atoms with Crippen molar-refractivity contribution < 1.29 is 19.0 Å². The molecule has 0 N–H and O–H groups in total. The summed E-state index contributed by atoms with van der Waals surface area (Å²) in [5, 5.41) is 0. The molecule has 1 aliphatic carbocycles. The number of carbonyl (C=O) groups is 1. The van der Waals surface area contributed by atoms with Crippen molar-refractivity contribution >= 4 is 5.91 Å². The van der Waals surface area contributed by atoms with Gasteiger partial charge in [0.1, 0.15) is 6.61 Å². The van der Waals surface area contributed by atoms with Gasteiger partial charge in [0, 0.05) is 18.7 Å². The second-order valence-corrected chi connectivity index (χ2v) is 6.32. The molecule has 24 heavy (non-hydrogen) atoms. The molecule has 0 spiro atoms. The highest BCUT2D eigenvalue weighted by atomic mass is 16.5. The van der Waals surface area contributed by atoms with E-state index in [-0.39, 0.29) is 12.0 Å². The van der Waals surface area contributed by atoms with Gasteiger partial charge in [-0.25, -0.2) is 0 Å². The quantitative estimate of drug-likeness (QED) is 0.752. The molecule has 1 saturated heterocycles. The Bertz CT molecular complexity index is 597. The Morgan fingerprint density at radius 1 is 1.42 bits per heavy atom. The lowest BCUT2D eigenvalue weighted by Gasteiger charge is -2.40. The van der Waals surface area contributed by atoms with Crippen molar-refractivity contribution in [1.29, 1.82) is 0 Å². The van der Waals surface area contributed by atoms with Gasteiger partial charge >= 0.3 is 0 Å². The molecule has 1 heterocycles. The molecule has 1 saturated carbocycles. The molecule has 1 aromatic rings. The Morgan fingerprint density at radius 3 is 2.92 bits per heavy atom. The van der Waals surface area contributed by atoms with E-state index in [1.807, 2.05) is 4.90 Å². The number of benzene rings is 1. The van der Waals surface area contributed by atoms with E-state index in [4.69, 9.17) is 14.2 Å². The fraction of sp³-hybridized carbons (Fsp3) is 0.526. The van der Waals surface area contributed by atoms with Gasteiger partial charge in [-0.2, -0.15) is 0 Å². The number of rotatable bonds is 6. The van der Waals surface area contributed by atoms with E-state index in [9.17, 15) is 4.79 Å². The van der Waals surface area contributed by atoms with E-state index < -0.39 is 0 Å². The first kappa shape index (κ1) is 16.8. The first-order valence-corrected chi connectivity index (χ1v) is 8.55. The number of amides is 1. The summed E-state index contributed by atoms with van der Waals surface area (Å²) in [5.74, 6) is 1.82. The van der Waals surface area contributed by atoms with Gasteiger partial charge in [0.15, 0.2) is 11.5 Å². The third-order valence-corrected chi connectivity index (χ3v) is 4.82. The topological polar surface area (TPSA) is 48.0 Å². The lowest BCUT2D eigenvalue weighted by molar-refractivity contribution is -0.0659. The minimum atomic E-state index is 0.0243. The summed E-state index contributed by atoms with van der Waals surface area (Å²) in [7, 11) is 1.58. The number of carbonyl (C=O) groups excluding carboxylic acids is 1. The molecule has 1 aliphatic heterocycles. The van der Waals surface area contributed by atoms with Crippen LogP contribution in [0.25, 0.3) is 0 Å². The van der Waals surface area contributed by atoms with Gasteiger partial charge in [-0.1, -0.05) is 19.1 Å². The molecule has 0 radical (unpaired) electrons. The highest BCUT2D eigenvalue weighted by molar-refractivity contribution is 5.95. The molecule has 1 unspecified atom stereocenters. The highest BCUT2D eigenvalue weighted by Crippen LogP contribution is 2.33. The smallest absolute Gasteiger partial charge is 0.254 e. The fourth-order valence-electron chi connectivity index (χ4n) is 3.21. The number of methoxy groups -OCH3 is 1. The van der Waals surface area contributed by atoms with Gasteiger partial charge in [0.05, 0.1) is 19.8 Å². The van der Waals surface area contributed by atoms with Crippen LogP contribution >= 0.6 is 0 Å². The molecule has 1 amide bonds. The van der Waals surface area contributed by atoms with Gasteiger partial charge in [0.2, 0.25) is 0 Å². The van der Waals surface area contributed by atoms with Gasteiger partial charge in [-0.05, 0) is 37.0 Å². The largest absolute Gasteiger partial charge is 0.493 e. The second-order valence-electron chi connectivity index (χ2n) is 6.32. The summed E-state index contributed by atoms with van der Waals surface area (Å²) in [6.45, 7) is 5.97. The van der Waals surface area contributed by atoms with E-state index in [0.29, 0.717) is 49.3 Å². The van der Waals surface area contributed by atoms with Crippen LogP contribution in [0.1, 0.15) is 29.6 Å². The number of nitrogens with zero attached hydrogens (tertiary/aromatic N) is 1. The van der Waals surface area contributed by atoms with Gasteiger partial charge in [0.25, 0.3) is 5.91 Å². The molecule has 0 aromatic heterocycles. The van der Waals surface area contributed by atoms with Crippen molar-refractivity contribution in [3.8, 4) is 11.5 Å². The predicted octanol–water partition coefficient (Wildman–Crippen LogP) is 2.90. The maximum Gasteiger partial charge on any atom is 0.254 e. The number of hydrogen-bond acceptors (Lipinski definition) is 4. The summed E-state index contributed by atoms with van der Waals surface area (Å²) in [4.78, 5) is 14.7. The van der Waals surface area contributed by atoms with Gasteiger partial charge < -0.3 is 19.1 Å². The van der Waals surface area contributed by atoms with Crippen LogP contribution < -0.4 is 9.47 Å². The standard InChI is InChI=1S/C19H25NO4/c1-3-10-23-16-8-7-15(12-17(16)22-2)19(21)20-9-11-24-18(13-20)14-5-4-6-14/h3,7-8,12,14,18H,1,4-6,9-11,13H2,2H3. The van der Waals surface area contributed by atoms with Crippen molar-refractivity contribution in [2.75, 3.05) is 33.4 Å². The Balaban J connectivity index is 1.70. The molecule has 2 fully saturated rings. The van der Waals surface area contributed by atoms with Crippen molar-refractivity contribution in [2.24, 2.45) is 5.92 Å². The van der Waals surface area contributed by atoms with E-state index in [1.54, 1.807) is 31.4 Å². The molecule has 3 rings (SSSR count). The molecule has 5 nitrogen and oxygen atoms in total. The SMILES string of the molecule is C=CCOc1ccc(C(=O)N2CCOC(C3CCC3)C2)cc1OC. The van der Waals surface area contributed by atoms with Crippen LogP contribution in [-0.2, 0) is 4.74 Å². The molecule has 2 aliphatic rings. The molecule has 5 heteroatoms. The lowest BCUT2D eigenvalue weighted by atomic mass is 9.80. The van der Waals surface area contributed by atoms with Crippen LogP contribution in [0.5, 0.6) is 11.5 Å². The normalized spacial score (nSPS) is 21.0. The summed E-state index contributed by atoms with van der Waals surface area (Å²) in [6.07, 6.45) is 5.58. The zero-order valence-corrected chi connectivity index (χ0v) is 14.2. The first-order valence-electron chi connectivity index (χ1n) is 8.55. The zero-order valence-electron chi connectivity index (χ0n) is 14.2. The average Bonchev–Trinajstić information content (AvgIpc) is 2.58. The van der Waals surface area contributed by atoms with Crippen molar-refractivity contribution in [3.05, 3.63) is 36.4 Å². The van der Waals surface area contributed by atoms with E-state index in [0.717, 1.165) is 0 Å². The summed E-state index contributed by atoms with van der Waals surface area (Å²) in [6, 6.07) is 5.31. The van der Waals surface area contributed by atoms with E-state index in [1.165, 1.54) is 19.3 Å². The molecular weight excluding hydrogens is 306 g/mol. The molecular formula is C19H25NO4. The van der Waals surface area contributed by atoms with E-state index >= 15 is 0 Å². The van der Waals surface area contributed by atoms with Crippen LogP contribution in [0.2, 0.25) is 0 Å². The monoisotopic (exact) mass is 331 g/mol. The van der Waals surface area contributed by atoms with Crippen molar-refractivity contribution in [2.45, 2.75) is 25.4 Å². The van der Waals surface area contributed by atoms with Crippen LogP contribution in [-0.4, -0.2) is 50.3 Å². The van der Waals surface area contributed by atoms with Crippen LogP contribution in [0.3, 0.4) is 0 Å². The Hall–Kier alpha value is -2.01. The highest BCUT2D eigenvalue weighted by Gasteiger charge is 2.33. The number of morpholine rings is 1. The molecule has 130 valence electrons. The lowest BCUT2D eigenvalue weighted by Crippen LogP contribution is -2.49. The third kappa shape index (κ3) is 3.56. The Morgan fingerprint density at radius 2 is 2.25 bits per heavy atom. The molecule has 1 aromatic carbocycles.